The van der Waals surface area contributed by atoms with Crippen molar-refractivity contribution in [2.75, 3.05) is 0 Å². The van der Waals surface area contributed by atoms with Crippen LogP contribution in [0.1, 0.15) is 25.8 Å². The zero-order valence-corrected chi connectivity index (χ0v) is 12.0. The zero-order valence-electron chi connectivity index (χ0n) is 9.61. The van der Waals surface area contributed by atoms with Gasteiger partial charge in [-0.3, -0.25) is 10.1 Å². The molecule has 1 rings (SSSR count). The van der Waals surface area contributed by atoms with Crippen LogP contribution in [0, 0.1) is 16.0 Å². The van der Waals surface area contributed by atoms with Gasteiger partial charge in [-0.05, 0) is 29.7 Å². The molecular weight excluding hydrogens is 305 g/mol. The van der Waals surface area contributed by atoms with E-state index >= 15 is 0 Å². The molecule has 5 heteroatoms. The van der Waals surface area contributed by atoms with Gasteiger partial charge in [-0.25, -0.2) is 0 Å². The molecule has 0 aliphatic rings. The van der Waals surface area contributed by atoms with Crippen LogP contribution >= 0.6 is 27.5 Å². The van der Waals surface area contributed by atoms with E-state index in [1.807, 2.05) is 13.8 Å². The van der Waals surface area contributed by atoms with E-state index < -0.39 is 0 Å². The smallest absolute Gasteiger partial charge is 0.247 e. The molecule has 92 valence electrons. The minimum atomic E-state index is -0.340. The van der Waals surface area contributed by atoms with E-state index in [2.05, 4.69) is 15.9 Å². The van der Waals surface area contributed by atoms with Gasteiger partial charge in [0, 0.05) is 22.0 Å². The maximum Gasteiger partial charge on any atom is 0.247 e. The fraction of sp³-hybridized carbons (Fsp3) is 0.333. The third kappa shape index (κ3) is 4.48. The van der Waals surface area contributed by atoms with E-state index in [4.69, 9.17) is 11.6 Å². The minimum absolute atomic E-state index is 0.197. The summed E-state index contributed by atoms with van der Waals surface area (Å²) in [5, 5.41) is 11.5. The van der Waals surface area contributed by atoms with E-state index in [-0.39, 0.29) is 16.5 Å². The van der Waals surface area contributed by atoms with Gasteiger partial charge in [-0.15, -0.1) is 0 Å². The van der Waals surface area contributed by atoms with Crippen molar-refractivity contribution in [1.82, 2.24) is 0 Å². The van der Waals surface area contributed by atoms with E-state index in [0.29, 0.717) is 11.4 Å². The maximum atomic E-state index is 10.9. The molecule has 0 atom stereocenters. The Morgan fingerprint density at radius 3 is 2.76 bits per heavy atom. The standard InChI is InChI=1S/C12H13BrClNO2/c1-8(2)5-11(15(16)17)7-9-6-10(14)3-4-12(9)13/h3-4,6-8H,5H2,1-2H3. The van der Waals surface area contributed by atoms with Crippen molar-refractivity contribution in [3.8, 4) is 0 Å². The summed E-state index contributed by atoms with van der Waals surface area (Å²) in [6, 6.07) is 5.22. The molecule has 0 aliphatic heterocycles. The van der Waals surface area contributed by atoms with Crippen LogP contribution in [0.5, 0.6) is 0 Å². The highest BCUT2D eigenvalue weighted by Crippen LogP contribution is 2.25. The van der Waals surface area contributed by atoms with E-state index in [9.17, 15) is 10.1 Å². The summed E-state index contributed by atoms with van der Waals surface area (Å²) in [5.74, 6) is 0.240. The highest BCUT2D eigenvalue weighted by molar-refractivity contribution is 9.10. The van der Waals surface area contributed by atoms with Gasteiger partial charge in [0.15, 0.2) is 0 Å². The number of halogens is 2. The minimum Gasteiger partial charge on any atom is -0.259 e. The van der Waals surface area contributed by atoms with E-state index in [0.717, 1.165) is 10.0 Å². The second-order valence-electron chi connectivity index (χ2n) is 4.16. The molecule has 0 amide bonds. The number of benzene rings is 1. The molecule has 0 fully saturated rings. The Morgan fingerprint density at radius 2 is 2.24 bits per heavy atom. The predicted molar refractivity (Wildman–Crippen MR) is 73.6 cm³/mol. The van der Waals surface area contributed by atoms with E-state index in [1.165, 1.54) is 0 Å². The van der Waals surface area contributed by atoms with Gasteiger partial charge in [0.25, 0.3) is 0 Å². The average molecular weight is 319 g/mol. The molecule has 0 N–H and O–H groups in total. The molecule has 0 aliphatic carbocycles. The number of nitro groups is 1. The van der Waals surface area contributed by atoms with Crippen molar-refractivity contribution in [1.29, 1.82) is 0 Å². The Kier molecular flexibility index (Phi) is 5.15. The SMILES string of the molecule is CC(C)CC(=Cc1cc(Cl)ccc1Br)[N+](=O)[O-]. The second-order valence-corrected chi connectivity index (χ2v) is 5.45. The van der Waals surface area contributed by atoms with Crippen molar-refractivity contribution in [2.24, 2.45) is 5.92 Å². The highest BCUT2D eigenvalue weighted by Gasteiger charge is 2.14. The Labute approximate surface area is 114 Å². The van der Waals surface area contributed by atoms with Gasteiger partial charge in [0.2, 0.25) is 5.70 Å². The molecule has 0 spiro atoms. The van der Waals surface area contributed by atoms with Crippen LogP contribution in [-0.2, 0) is 0 Å². The lowest BCUT2D eigenvalue weighted by Crippen LogP contribution is -2.02. The summed E-state index contributed by atoms with van der Waals surface area (Å²) in [4.78, 5) is 10.6. The molecule has 0 heterocycles. The molecule has 0 aromatic heterocycles. The monoisotopic (exact) mass is 317 g/mol. The molecule has 1 aromatic carbocycles. The molecule has 0 saturated carbocycles. The average Bonchev–Trinajstić information content (AvgIpc) is 2.21. The second kappa shape index (κ2) is 6.17. The molecule has 17 heavy (non-hydrogen) atoms. The van der Waals surface area contributed by atoms with Gasteiger partial charge < -0.3 is 0 Å². The molecule has 1 aromatic rings. The van der Waals surface area contributed by atoms with Gasteiger partial charge in [0.05, 0.1) is 4.92 Å². The largest absolute Gasteiger partial charge is 0.259 e. The lowest BCUT2D eigenvalue weighted by atomic mass is 10.1. The quantitative estimate of drug-likeness (QED) is 0.593. The first-order valence-corrected chi connectivity index (χ1v) is 6.37. The normalized spacial score (nSPS) is 11.9. The number of rotatable bonds is 4. The summed E-state index contributed by atoms with van der Waals surface area (Å²) in [6.45, 7) is 3.90. The molecule has 3 nitrogen and oxygen atoms in total. The first kappa shape index (κ1) is 14.2. The van der Waals surface area contributed by atoms with Gasteiger partial charge >= 0.3 is 0 Å². The number of nitrogens with zero attached hydrogens (tertiary/aromatic N) is 1. The van der Waals surface area contributed by atoms with Gasteiger partial charge in [-0.1, -0.05) is 41.4 Å². The number of allylic oxidation sites excluding steroid dienone is 1. The Hall–Kier alpha value is -0.870. The number of hydrogen-bond donors (Lipinski definition) is 0. The Morgan fingerprint density at radius 1 is 1.59 bits per heavy atom. The third-order valence-corrected chi connectivity index (χ3v) is 3.09. The summed E-state index contributed by atoms with van der Waals surface area (Å²) in [6.07, 6.45) is 2.00. The Bertz CT molecular complexity index is 458. The first-order chi connectivity index (χ1) is 7.90. The molecular formula is C12H13BrClNO2. The Balaban J connectivity index is 3.12. The van der Waals surface area contributed by atoms with Crippen LogP contribution in [0.15, 0.2) is 28.4 Å². The van der Waals surface area contributed by atoms with Crippen molar-refractivity contribution in [2.45, 2.75) is 20.3 Å². The highest BCUT2D eigenvalue weighted by atomic mass is 79.9. The van der Waals surface area contributed by atoms with Crippen molar-refractivity contribution in [3.05, 3.63) is 49.1 Å². The summed E-state index contributed by atoms with van der Waals surface area (Å²) < 4.78 is 0.796. The number of hydrogen-bond acceptors (Lipinski definition) is 2. The van der Waals surface area contributed by atoms with Gasteiger partial charge in [-0.2, -0.15) is 0 Å². The van der Waals surface area contributed by atoms with Crippen LogP contribution in [0.2, 0.25) is 5.02 Å². The lowest BCUT2D eigenvalue weighted by molar-refractivity contribution is -0.427. The summed E-state index contributed by atoms with van der Waals surface area (Å²) in [7, 11) is 0. The first-order valence-electron chi connectivity index (χ1n) is 5.20. The van der Waals surface area contributed by atoms with Crippen LogP contribution in [0.4, 0.5) is 0 Å². The zero-order chi connectivity index (χ0) is 13.0. The lowest BCUT2D eigenvalue weighted by Gasteiger charge is -2.04. The van der Waals surface area contributed by atoms with E-state index in [1.54, 1.807) is 24.3 Å². The third-order valence-electron chi connectivity index (χ3n) is 2.13. The van der Waals surface area contributed by atoms with Gasteiger partial charge in [0.1, 0.15) is 0 Å². The topological polar surface area (TPSA) is 43.1 Å². The van der Waals surface area contributed by atoms with Crippen LogP contribution < -0.4 is 0 Å². The molecule has 0 radical (unpaired) electrons. The molecule has 0 unspecified atom stereocenters. The fourth-order valence-electron chi connectivity index (χ4n) is 1.41. The van der Waals surface area contributed by atoms with Crippen LogP contribution in [0.3, 0.4) is 0 Å². The molecule has 0 saturated heterocycles. The summed E-state index contributed by atoms with van der Waals surface area (Å²) >= 11 is 9.21. The van der Waals surface area contributed by atoms with Crippen LogP contribution in [-0.4, -0.2) is 4.92 Å². The van der Waals surface area contributed by atoms with Crippen LogP contribution in [0.25, 0.3) is 6.08 Å². The molecule has 0 bridgehead atoms. The maximum absolute atomic E-state index is 10.9. The van der Waals surface area contributed by atoms with Crippen molar-refractivity contribution in [3.63, 3.8) is 0 Å². The summed E-state index contributed by atoms with van der Waals surface area (Å²) in [5.41, 5.74) is 0.924. The fourth-order valence-corrected chi connectivity index (χ4v) is 1.95. The van der Waals surface area contributed by atoms with Crippen molar-refractivity contribution >= 4 is 33.6 Å². The van der Waals surface area contributed by atoms with Crippen molar-refractivity contribution < 1.29 is 4.92 Å². The predicted octanol–water partition coefficient (Wildman–Crippen LogP) is 4.77.